The number of methoxy groups -OCH3 is 1. The van der Waals surface area contributed by atoms with Crippen molar-refractivity contribution in [3.63, 3.8) is 0 Å². The number of hydrogen-bond donors (Lipinski definition) is 5. The predicted octanol–water partition coefficient (Wildman–Crippen LogP) is 3.65. The number of carbonyl (C=O) groups excluding carboxylic acids is 2. The highest BCUT2D eigenvalue weighted by molar-refractivity contribution is 5.91. The minimum Gasteiger partial charge on any atom is -0.496 e. The molecule has 300 valence electrons. The van der Waals surface area contributed by atoms with Gasteiger partial charge in [0.25, 0.3) is 5.91 Å². The number of rotatable bonds is 6. The average molecular weight is 767 g/mol. The minimum absolute atomic E-state index is 0.196. The number of hydrazine groups is 1. The summed E-state index contributed by atoms with van der Waals surface area (Å²) < 4.78 is 12.6. The fourth-order valence-electron chi connectivity index (χ4n) is 13.4. The molecule has 5 aliphatic heterocycles. The van der Waals surface area contributed by atoms with Gasteiger partial charge in [0.15, 0.2) is 6.10 Å². The van der Waals surface area contributed by atoms with E-state index in [9.17, 15) is 19.8 Å². The van der Waals surface area contributed by atoms with Gasteiger partial charge in [0, 0.05) is 96.4 Å². The third-order valence-electron chi connectivity index (χ3n) is 15.4. The number of carbonyl (C=O) groups is 2. The lowest BCUT2D eigenvalue weighted by Crippen LogP contribution is -2.82. The van der Waals surface area contributed by atoms with Crippen LogP contribution in [0.25, 0.3) is 10.9 Å². The highest BCUT2D eigenvalue weighted by Gasteiger charge is 2.80. The Hall–Kier alpha value is -3.94. The van der Waals surface area contributed by atoms with Crippen LogP contribution in [0.1, 0.15) is 82.2 Å². The van der Waals surface area contributed by atoms with Gasteiger partial charge in [-0.05, 0) is 81.2 Å². The van der Waals surface area contributed by atoms with Crippen LogP contribution in [0, 0.1) is 11.3 Å². The lowest BCUT2D eigenvalue weighted by atomic mass is 9.47. The topological polar surface area (TPSA) is 157 Å². The number of ether oxygens (including phenoxy) is 2. The molecule has 12 nitrogen and oxygen atoms in total. The number of esters is 1. The molecule has 1 aliphatic carbocycles. The number of hydrogen-bond acceptors (Lipinski definition) is 10. The van der Waals surface area contributed by atoms with Crippen LogP contribution in [0.5, 0.6) is 5.75 Å². The van der Waals surface area contributed by atoms with Gasteiger partial charge in [0.2, 0.25) is 5.60 Å². The molecular weight excluding hydrogens is 709 g/mol. The molecule has 6 N–H and O–H groups in total. The van der Waals surface area contributed by atoms with Gasteiger partial charge < -0.3 is 29.6 Å². The van der Waals surface area contributed by atoms with Crippen molar-refractivity contribution in [3.05, 3.63) is 70.9 Å². The first-order chi connectivity index (χ1) is 26.7. The van der Waals surface area contributed by atoms with Crippen molar-refractivity contribution >= 4 is 28.5 Å². The molecule has 1 amide bonds. The van der Waals surface area contributed by atoms with Crippen molar-refractivity contribution in [2.45, 2.75) is 106 Å². The lowest BCUT2D eigenvalue weighted by Gasteiger charge is -2.63. The Morgan fingerprint density at radius 2 is 1.86 bits per heavy atom. The fraction of sp³-hybridized carbons (Fsp3) is 0.591. The molecule has 3 aromatic rings. The number of piperidine rings is 1. The molecule has 1 spiro atoms. The van der Waals surface area contributed by atoms with Crippen LogP contribution < -0.4 is 20.9 Å². The van der Waals surface area contributed by atoms with E-state index in [1.807, 2.05) is 11.9 Å². The van der Waals surface area contributed by atoms with Gasteiger partial charge >= 0.3 is 5.97 Å². The highest BCUT2D eigenvalue weighted by Crippen LogP contribution is 2.68. The van der Waals surface area contributed by atoms with E-state index in [1.165, 1.54) is 23.6 Å². The summed E-state index contributed by atoms with van der Waals surface area (Å²) >= 11 is 0. The van der Waals surface area contributed by atoms with Crippen LogP contribution in [0.2, 0.25) is 0 Å². The van der Waals surface area contributed by atoms with Gasteiger partial charge in [-0.1, -0.05) is 44.2 Å². The summed E-state index contributed by atoms with van der Waals surface area (Å²) in [4.78, 5) is 38.1. The summed E-state index contributed by atoms with van der Waals surface area (Å²) in [5.41, 5.74) is 3.60. The SMILES string of the molecule is CCC1(O)CC2CN(CCc3c([nH]c4ccccc34)[C@@](C)(c3cc4c(cc3OC)N(C)[C@@H]3C45CCN4CC=C[C@](CC)([C@H]45)[C@@H](OC(C)=O)[C@]3(O)C(=O)NN)C2)C1. The molecule has 2 saturated heterocycles. The Bertz CT molecular complexity index is 2140. The standard InChI is InChI=1S/C44H58N6O6/c1-7-41(53)23-27-22-40(4,35-29(14-18-49(24-27)25-41)28-12-9-10-13-32(28)46-35)31-20-30-33(21-34(31)55-6)48(5)37-43(30)16-19-50-17-11-15-42(8-2,36(43)50)38(56-26(3)51)44(37,54)39(52)47-45/h9-13,15,20-21,27,36-38,46,53-54H,7-8,14,16-19,22-25,45H2,1-6H3,(H,47,52)/t27?,36-,37+,38+,40+,41?,42+,43?,44-/m0/s1. The second kappa shape index (κ2) is 12.8. The van der Waals surface area contributed by atoms with Crippen molar-refractivity contribution in [3.8, 4) is 5.75 Å². The maximum Gasteiger partial charge on any atom is 0.303 e. The van der Waals surface area contributed by atoms with E-state index in [1.54, 1.807) is 7.11 Å². The lowest BCUT2D eigenvalue weighted by molar-refractivity contribution is -0.218. The monoisotopic (exact) mass is 766 g/mol. The molecule has 56 heavy (non-hydrogen) atoms. The van der Waals surface area contributed by atoms with Crippen molar-refractivity contribution in [1.29, 1.82) is 0 Å². The normalized spacial score (nSPS) is 38.4. The Morgan fingerprint density at radius 1 is 1.07 bits per heavy atom. The first-order valence-corrected chi connectivity index (χ1v) is 20.6. The van der Waals surface area contributed by atoms with Crippen molar-refractivity contribution < 1.29 is 29.3 Å². The van der Waals surface area contributed by atoms with E-state index in [4.69, 9.17) is 15.3 Å². The predicted molar refractivity (Wildman–Crippen MR) is 214 cm³/mol. The molecule has 9 rings (SSSR count). The van der Waals surface area contributed by atoms with Gasteiger partial charge in [-0.25, -0.2) is 5.84 Å². The Kier molecular flexibility index (Phi) is 8.59. The molecule has 1 saturated carbocycles. The summed E-state index contributed by atoms with van der Waals surface area (Å²) in [6, 6.07) is 12.0. The third-order valence-corrected chi connectivity index (χ3v) is 15.4. The number of amides is 1. The van der Waals surface area contributed by atoms with Gasteiger partial charge in [0.1, 0.15) is 5.75 Å². The average Bonchev–Trinajstić information content (AvgIpc) is 3.85. The van der Waals surface area contributed by atoms with Crippen LogP contribution in [0.3, 0.4) is 0 Å². The second-order valence-electron chi connectivity index (χ2n) is 18.1. The zero-order valence-corrected chi connectivity index (χ0v) is 33.7. The molecule has 6 heterocycles. The smallest absolute Gasteiger partial charge is 0.303 e. The van der Waals surface area contributed by atoms with E-state index in [0.717, 1.165) is 60.6 Å². The quantitative estimate of drug-likeness (QED) is 0.0826. The molecule has 0 radical (unpaired) electrons. The third kappa shape index (κ3) is 4.82. The number of likely N-dealkylation sites (N-methyl/N-ethyl adjacent to an activating group) is 1. The summed E-state index contributed by atoms with van der Waals surface area (Å²) in [6.45, 7) is 11.7. The molecular formula is C44H58N6O6. The van der Waals surface area contributed by atoms with Crippen LogP contribution in [-0.2, 0) is 31.6 Å². The summed E-state index contributed by atoms with van der Waals surface area (Å²) in [6.07, 6.45) is 7.22. The molecule has 10 atom stereocenters. The molecule has 4 unspecified atom stereocenters. The Labute approximate surface area is 329 Å². The number of nitrogens with two attached hydrogens (primary N) is 1. The zero-order valence-electron chi connectivity index (χ0n) is 33.7. The summed E-state index contributed by atoms with van der Waals surface area (Å²) in [5, 5.41) is 26.4. The number of fused-ring (bicyclic) bond motifs is 6. The van der Waals surface area contributed by atoms with Crippen molar-refractivity contribution in [2.24, 2.45) is 17.2 Å². The zero-order chi connectivity index (χ0) is 39.6. The van der Waals surface area contributed by atoms with E-state index >= 15 is 0 Å². The first kappa shape index (κ1) is 37.6. The number of H-pyrrole nitrogens is 1. The number of nitrogens with zero attached hydrogens (tertiary/aromatic N) is 3. The molecule has 6 aliphatic rings. The number of nitrogens with one attached hydrogen (secondary N) is 2. The number of benzene rings is 2. The summed E-state index contributed by atoms with van der Waals surface area (Å²) in [7, 11) is 3.64. The molecule has 1 aromatic heterocycles. The van der Waals surface area contributed by atoms with Crippen LogP contribution in [0.4, 0.5) is 5.69 Å². The Balaban J connectivity index is 1.32. The van der Waals surface area contributed by atoms with E-state index in [-0.39, 0.29) is 12.0 Å². The van der Waals surface area contributed by atoms with E-state index in [0.29, 0.717) is 38.8 Å². The van der Waals surface area contributed by atoms with E-state index < -0.39 is 51.5 Å². The number of anilines is 1. The first-order valence-electron chi connectivity index (χ1n) is 20.6. The van der Waals surface area contributed by atoms with Gasteiger partial charge in [-0.15, -0.1) is 0 Å². The van der Waals surface area contributed by atoms with Crippen molar-refractivity contribution in [1.82, 2.24) is 20.2 Å². The fourth-order valence-corrected chi connectivity index (χ4v) is 13.4. The molecule has 3 fully saturated rings. The molecule has 2 bridgehead atoms. The largest absolute Gasteiger partial charge is 0.496 e. The van der Waals surface area contributed by atoms with Crippen LogP contribution >= 0.6 is 0 Å². The van der Waals surface area contributed by atoms with Crippen molar-refractivity contribution in [2.75, 3.05) is 51.8 Å². The van der Waals surface area contributed by atoms with Gasteiger partial charge in [-0.2, -0.15) is 0 Å². The van der Waals surface area contributed by atoms with Gasteiger partial charge in [-0.3, -0.25) is 24.8 Å². The van der Waals surface area contributed by atoms with Crippen LogP contribution in [0.15, 0.2) is 48.6 Å². The highest BCUT2D eigenvalue weighted by atomic mass is 16.6. The summed E-state index contributed by atoms with van der Waals surface area (Å²) in [5.74, 6) is 5.53. The number of aromatic amines is 1. The van der Waals surface area contributed by atoms with Gasteiger partial charge in [0.05, 0.1) is 18.8 Å². The number of aromatic nitrogens is 1. The Morgan fingerprint density at radius 3 is 2.57 bits per heavy atom. The van der Waals surface area contributed by atoms with Crippen LogP contribution in [-0.4, -0.2) is 113 Å². The number of para-hydroxylation sites is 1. The number of aliphatic hydroxyl groups is 2. The maximum atomic E-state index is 14.3. The second-order valence-corrected chi connectivity index (χ2v) is 18.1. The van der Waals surface area contributed by atoms with E-state index in [2.05, 4.69) is 89.5 Å². The minimum atomic E-state index is -2.21. The molecule has 12 heteroatoms. The molecule has 2 aromatic carbocycles. The maximum absolute atomic E-state index is 14.3.